The summed E-state index contributed by atoms with van der Waals surface area (Å²) in [6.07, 6.45) is 0.978. The summed E-state index contributed by atoms with van der Waals surface area (Å²) in [7, 11) is 0. The van der Waals surface area contributed by atoms with Gasteiger partial charge in [-0.15, -0.1) is 11.3 Å². The van der Waals surface area contributed by atoms with E-state index >= 15 is 0 Å². The van der Waals surface area contributed by atoms with Crippen LogP contribution >= 0.6 is 11.3 Å². The van der Waals surface area contributed by atoms with Crippen molar-refractivity contribution in [3.63, 3.8) is 0 Å². The van der Waals surface area contributed by atoms with Crippen LogP contribution in [-0.4, -0.2) is 48.5 Å². The van der Waals surface area contributed by atoms with E-state index in [0.717, 1.165) is 22.6 Å². The van der Waals surface area contributed by atoms with E-state index in [9.17, 15) is 19.2 Å². The van der Waals surface area contributed by atoms with Crippen LogP contribution in [0.4, 0.5) is 9.80 Å². The summed E-state index contributed by atoms with van der Waals surface area (Å²) in [6.45, 7) is 3.33. The van der Waals surface area contributed by atoms with E-state index in [2.05, 4.69) is 10.1 Å². The number of ether oxygens (including phenoxy) is 2. The maximum atomic E-state index is 12.4. The van der Waals surface area contributed by atoms with Crippen LogP contribution in [0.3, 0.4) is 0 Å². The average Bonchev–Trinajstić information content (AvgIpc) is 3.28. The smallest absolute Gasteiger partial charge is 0.416 e. The van der Waals surface area contributed by atoms with Gasteiger partial charge in [0.1, 0.15) is 11.6 Å². The van der Waals surface area contributed by atoms with Crippen molar-refractivity contribution in [3.8, 4) is 0 Å². The summed E-state index contributed by atoms with van der Waals surface area (Å²) in [6, 6.07) is 0. The van der Waals surface area contributed by atoms with E-state index in [1.54, 1.807) is 6.92 Å². The molecule has 0 bridgehead atoms. The molecule has 1 aliphatic heterocycles. The zero-order valence-electron chi connectivity index (χ0n) is 13.9. The van der Waals surface area contributed by atoms with Crippen molar-refractivity contribution in [2.45, 2.75) is 26.7 Å². The van der Waals surface area contributed by atoms with E-state index in [-0.39, 0.29) is 30.5 Å². The summed E-state index contributed by atoms with van der Waals surface area (Å²) in [5.74, 6) is -1.43. The Labute approximate surface area is 148 Å². The predicted octanol–water partition coefficient (Wildman–Crippen LogP) is 1.85. The molecule has 2 aliphatic rings. The topological polar surface area (TPSA) is 102 Å². The maximum absolute atomic E-state index is 12.4. The molecule has 0 radical (unpaired) electrons. The number of carbonyl (C=O) groups is 4. The number of carbonyl (C=O) groups excluding carboxylic acids is 4. The third-order valence-corrected chi connectivity index (χ3v) is 5.29. The van der Waals surface area contributed by atoms with Crippen molar-refractivity contribution in [1.29, 1.82) is 0 Å². The molecule has 2 heterocycles. The Kier molecular flexibility index (Phi) is 4.76. The molecule has 0 spiro atoms. The molecular weight excluding hydrogens is 348 g/mol. The number of anilines is 1. The average molecular weight is 366 g/mol. The van der Waals surface area contributed by atoms with Crippen molar-refractivity contribution in [3.05, 3.63) is 16.0 Å². The standard InChI is InChI=1S/C16H18N2O6S/c1-8-9(2)25-14(17-13(20)10-3-4-10)12(8)15(21)24-7-11(19)18-5-6-23-16(18)22/h10H,3-7H2,1-2H3,(H,17,20). The van der Waals surface area contributed by atoms with Gasteiger partial charge in [-0.25, -0.2) is 14.5 Å². The Balaban J connectivity index is 1.67. The summed E-state index contributed by atoms with van der Waals surface area (Å²) >= 11 is 1.30. The second kappa shape index (κ2) is 6.83. The lowest BCUT2D eigenvalue weighted by Crippen LogP contribution is -2.35. The predicted molar refractivity (Wildman–Crippen MR) is 88.5 cm³/mol. The van der Waals surface area contributed by atoms with Crippen molar-refractivity contribution < 1.29 is 28.7 Å². The monoisotopic (exact) mass is 366 g/mol. The van der Waals surface area contributed by atoms with Crippen molar-refractivity contribution in [1.82, 2.24) is 4.90 Å². The fourth-order valence-electron chi connectivity index (χ4n) is 2.42. The molecule has 0 atom stereocenters. The summed E-state index contributed by atoms with van der Waals surface area (Å²) < 4.78 is 9.73. The molecule has 1 aliphatic carbocycles. The number of nitrogens with one attached hydrogen (secondary N) is 1. The van der Waals surface area contributed by atoms with Gasteiger partial charge in [-0.2, -0.15) is 0 Å². The molecule has 9 heteroatoms. The number of amides is 3. The van der Waals surface area contributed by atoms with Crippen LogP contribution in [0.1, 0.15) is 33.6 Å². The first kappa shape index (κ1) is 17.4. The molecule has 0 aromatic carbocycles. The van der Waals surface area contributed by atoms with Gasteiger partial charge in [-0.1, -0.05) is 0 Å². The molecule has 1 aromatic heterocycles. The number of hydrogen-bond donors (Lipinski definition) is 1. The van der Waals surface area contributed by atoms with Crippen molar-refractivity contribution in [2.75, 3.05) is 25.1 Å². The zero-order valence-corrected chi connectivity index (χ0v) is 14.7. The summed E-state index contributed by atoms with van der Waals surface area (Å²) in [5.41, 5.74) is 0.961. The van der Waals surface area contributed by atoms with Crippen LogP contribution in [0.5, 0.6) is 0 Å². The SMILES string of the molecule is Cc1sc(NC(=O)C2CC2)c(C(=O)OCC(=O)N2CCOC2=O)c1C. The minimum Gasteiger partial charge on any atom is -0.452 e. The van der Waals surface area contributed by atoms with Crippen LogP contribution < -0.4 is 5.32 Å². The van der Waals surface area contributed by atoms with Crippen LogP contribution in [0.2, 0.25) is 0 Å². The normalized spacial score (nSPS) is 16.6. The van der Waals surface area contributed by atoms with Gasteiger partial charge in [0.2, 0.25) is 5.91 Å². The molecular formula is C16H18N2O6S. The van der Waals surface area contributed by atoms with E-state index in [1.165, 1.54) is 11.3 Å². The Morgan fingerprint density at radius 1 is 1.32 bits per heavy atom. The number of thiophene rings is 1. The number of cyclic esters (lactones) is 1. The molecule has 1 saturated heterocycles. The highest BCUT2D eigenvalue weighted by molar-refractivity contribution is 7.16. The van der Waals surface area contributed by atoms with Crippen LogP contribution in [0, 0.1) is 19.8 Å². The Bertz CT molecular complexity index is 752. The highest BCUT2D eigenvalue weighted by Crippen LogP contribution is 2.36. The molecule has 2 fully saturated rings. The minimum absolute atomic E-state index is 0.00865. The molecule has 0 unspecified atom stereocenters. The molecule has 134 valence electrons. The van der Waals surface area contributed by atoms with Gasteiger partial charge in [0.05, 0.1) is 12.1 Å². The second-order valence-electron chi connectivity index (χ2n) is 5.99. The maximum Gasteiger partial charge on any atom is 0.416 e. The minimum atomic E-state index is -0.735. The summed E-state index contributed by atoms with van der Waals surface area (Å²) in [5, 5.41) is 3.21. The van der Waals surface area contributed by atoms with Gasteiger partial charge >= 0.3 is 12.1 Å². The third kappa shape index (κ3) is 3.65. The highest BCUT2D eigenvalue weighted by atomic mass is 32.1. The molecule has 1 N–H and O–H groups in total. The van der Waals surface area contributed by atoms with Crippen molar-refractivity contribution in [2.24, 2.45) is 5.92 Å². The molecule has 25 heavy (non-hydrogen) atoms. The van der Waals surface area contributed by atoms with Gasteiger partial charge in [-0.05, 0) is 32.3 Å². The third-order valence-electron chi connectivity index (χ3n) is 4.16. The number of esters is 1. The Morgan fingerprint density at radius 3 is 2.64 bits per heavy atom. The van der Waals surface area contributed by atoms with Gasteiger partial charge in [0, 0.05) is 10.8 Å². The first-order valence-electron chi connectivity index (χ1n) is 7.93. The van der Waals surface area contributed by atoms with E-state index in [4.69, 9.17) is 4.74 Å². The van der Waals surface area contributed by atoms with Crippen LogP contribution in [0.15, 0.2) is 0 Å². The molecule has 1 saturated carbocycles. The molecule has 1 aromatic rings. The molecule has 3 rings (SSSR count). The number of aryl methyl sites for hydroxylation is 1. The summed E-state index contributed by atoms with van der Waals surface area (Å²) in [4.78, 5) is 49.4. The van der Waals surface area contributed by atoms with Gasteiger partial charge < -0.3 is 14.8 Å². The van der Waals surface area contributed by atoms with Crippen molar-refractivity contribution >= 4 is 40.2 Å². The zero-order chi connectivity index (χ0) is 18.1. The van der Waals surface area contributed by atoms with Crippen LogP contribution in [0.25, 0.3) is 0 Å². The fourth-order valence-corrected chi connectivity index (χ4v) is 3.47. The quantitative estimate of drug-likeness (QED) is 0.798. The van der Waals surface area contributed by atoms with Gasteiger partial charge in [0.15, 0.2) is 6.61 Å². The number of hydrogen-bond acceptors (Lipinski definition) is 7. The Hall–Kier alpha value is -2.42. The molecule has 8 nitrogen and oxygen atoms in total. The Morgan fingerprint density at radius 2 is 2.04 bits per heavy atom. The van der Waals surface area contributed by atoms with E-state index in [1.807, 2.05) is 6.92 Å². The van der Waals surface area contributed by atoms with Gasteiger partial charge in [0.25, 0.3) is 5.91 Å². The number of imide groups is 1. The second-order valence-corrected chi connectivity index (χ2v) is 7.21. The van der Waals surface area contributed by atoms with E-state index in [0.29, 0.717) is 10.6 Å². The number of nitrogens with zero attached hydrogens (tertiary/aromatic N) is 1. The first-order chi connectivity index (χ1) is 11.9. The molecule has 3 amide bonds. The highest BCUT2D eigenvalue weighted by Gasteiger charge is 2.32. The first-order valence-corrected chi connectivity index (χ1v) is 8.75. The largest absolute Gasteiger partial charge is 0.452 e. The van der Waals surface area contributed by atoms with Gasteiger partial charge in [-0.3, -0.25) is 9.59 Å². The fraction of sp³-hybridized carbons (Fsp3) is 0.500. The number of rotatable bonds is 5. The van der Waals surface area contributed by atoms with E-state index < -0.39 is 24.6 Å². The van der Waals surface area contributed by atoms with Crippen LogP contribution in [-0.2, 0) is 19.1 Å². The lowest BCUT2D eigenvalue weighted by Gasteiger charge is -2.11. The lowest BCUT2D eigenvalue weighted by molar-refractivity contribution is -0.131. The lowest BCUT2D eigenvalue weighted by atomic mass is 10.1.